The molecule has 0 aromatic carbocycles. The zero-order chi connectivity index (χ0) is 28.8. The van der Waals surface area contributed by atoms with Crippen LogP contribution in [0, 0.1) is 0 Å². The minimum absolute atomic E-state index is 0.0360. The number of ether oxygens (including phenoxy) is 2. The van der Waals surface area contributed by atoms with E-state index in [4.69, 9.17) is 14.6 Å². The largest absolute Gasteiger partial charge is 0.480 e. The van der Waals surface area contributed by atoms with Crippen molar-refractivity contribution in [3.05, 3.63) is 0 Å². The summed E-state index contributed by atoms with van der Waals surface area (Å²) >= 11 is 3.02. The topological polar surface area (TPSA) is 209 Å². The molecule has 0 aliphatic rings. The first-order valence-electron chi connectivity index (χ1n) is 12.4. The number of rotatable bonds is 23. The number of carboxylic acids is 2. The number of hydrogen-bond acceptors (Lipinski definition) is 8. The van der Waals surface area contributed by atoms with Gasteiger partial charge < -0.3 is 41.0 Å². The molecule has 4 amide bonds. The minimum atomic E-state index is -1.20. The van der Waals surface area contributed by atoms with Gasteiger partial charge in [-0.05, 0) is 32.1 Å². The smallest absolute Gasteiger partial charge is 0.326 e. The van der Waals surface area contributed by atoms with Crippen molar-refractivity contribution in [2.45, 2.75) is 64.0 Å². The van der Waals surface area contributed by atoms with Crippen LogP contribution in [-0.2, 0) is 38.2 Å². The van der Waals surface area contributed by atoms with E-state index in [0.717, 1.165) is 0 Å². The predicted octanol–water partition coefficient (Wildman–Crippen LogP) is -0.464. The van der Waals surface area contributed by atoms with E-state index in [1.165, 1.54) is 0 Å². The van der Waals surface area contributed by atoms with Gasteiger partial charge in [-0.15, -0.1) is 0 Å². The zero-order valence-electron chi connectivity index (χ0n) is 21.6. The van der Waals surface area contributed by atoms with Gasteiger partial charge in [-0.3, -0.25) is 19.2 Å². The third-order valence-corrected chi connectivity index (χ3v) is 5.45. The molecule has 6 N–H and O–H groups in total. The fourth-order valence-electron chi connectivity index (χ4n) is 3.00. The molecule has 218 valence electrons. The third-order valence-electron chi connectivity index (χ3n) is 4.94. The first-order chi connectivity index (χ1) is 18.1. The molecule has 0 rings (SSSR count). The third kappa shape index (κ3) is 19.3. The molecule has 0 heterocycles. The average Bonchev–Trinajstić information content (AvgIpc) is 2.86. The Hall–Kier alpha value is -2.78. The van der Waals surface area contributed by atoms with Gasteiger partial charge in [0.25, 0.3) is 0 Å². The number of carbonyl (C=O) groups excluding carboxylic acids is 4. The Labute approximate surface area is 230 Å². The van der Waals surface area contributed by atoms with E-state index in [2.05, 4.69) is 37.2 Å². The number of carboxylic acid groups (broad SMARTS) is 2. The summed E-state index contributed by atoms with van der Waals surface area (Å²) in [6.07, 6.45) is 1.98. The molecule has 38 heavy (non-hydrogen) atoms. The predicted molar refractivity (Wildman–Crippen MR) is 139 cm³/mol. The lowest BCUT2D eigenvalue weighted by Gasteiger charge is -2.15. The van der Waals surface area contributed by atoms with Crippen LogP contribution in [0.3, 0.4) is 0 Å². The second kappa shape index (κ2) is 22.2. The van der Waals surface area contributed by atoms with Gasteiger partial charge in [0.05, 0.1) is 25.2 Å². The molecule has 0 aromatic heterocycles. The maximum Gasteiger partial charge on any atom is 0.326 e. The molecule has 0 radical (unpaired) electrons. The van der Waals surface area contributed by atoms with E-state index >= 15 is 0 Å². The van der Waals surface area contributed by atoms with Crippen molar-refractivity contribution in [2.24, 2.45) is 0 Å². The molecule has 0 saturated carbocycles. The summed E-state index contributed by atoms with van der Waals surface area (Å²) in [7, 11) is 0. The number of aliphatic carboxylic acids is 2. The van der Waals surface area contributed by atoms with Crippen molar-refractivity contribution in [3.8, 4) is 0 Å². The van der Waals surface area contributed by atoms with Crippen LogP contribution in [0.25, 0.3) is 0 Å². The summed E-state index contributed by atoms with van der Waals surface area (Å²) in [5.41, 5.74) is 0. The molecule has 2 atom stereocenters. The Morgan fingerprint density at radius 2 is 1.32 bits per heavy atom. The van der Waals surface area contributed by atoms with Crippen LogP contribution in [0.1, 0.15) is 51.9 Å². The molecule has 0 aromatic rings. The number of alkyl halides is 1. The summed E-state index contributed by atoms with van der Waals surface area (Å²) in [5.74, 6) is -3.86. The van der Waals surface area contributed by atoms with Crippen molar-refractivity contribution in [1.82, 2.24) is 21.3 Å². The molecule has 0 aliphatic carbocycles. The monoisotopic (exact) mass is 610 g/mol. The molecule has 1 unspecified atom stereocenters. The first kappa shape index (κ1) is 35.2. The van der Waals surface area contributed by atoms with Crippen molar-refractivity contribution in [1.29, 1.82) is 0 Å². The Morgan fingerprint density at radius 3 is 1.95 bits per heavy atom. The molecule has 14 nitrogen and oxygen atoms in total. The van der Waals surface area contributed by atoms with Crippen molar-refractivity contribution >= 4 is 51.5 Å². The molecular weight excluding hydrogens is 572 g/mol. The normalized spacial score (nSPS) is 12.2. The van der Waals surface area contributed by atoms with Gasteiger partial charge in [0, 0.05) is 25.9 Å². The Bertz CT molecular complexity index is 768. The highest BCUT2D eigenvalue weighted by molar-refractivity contribution is 9.09. The number of amides is 4. The Kier molecular flexibility index (Phi) is 20.6. The molecule has 0 aliphatic heterocycles. The second-order valence-electron chi connectivity index (χ2n) is 8.20. The van der Waals surface area contributed by atoms with Gasteiger partial charge >= 0.3 is 11.9 Å². The molecule has 0 bridgehead atoms. The van der Waals surface area contributed by atoms with Crippen molar-refractivity contribution < 1.29 is 48.5 Å². The van der Waals surface area contributed by atoms with Gasteiger partial charge in [-0.25, -0.2) is 9.59 Å². The lowest BCUT2D eigenvalue weighted by molar-refractivity contribution is -0.143. The van der Waals surface area contributed by atoms with Gasteiger partial charge in [0.1, 0.15) is 18.7 Å². The quantitative estimate of drug-likeness (QED) is 0.0647. The minimum Gasteiger partial charge on any atom is -0.480 e. The zero-order valence-corrected chi connectivity index (χ0v) is 23.2. The molecule has 15 heteroatoms. The summed E-state index contributed by atoms with van der Waals surface area (Å²) in [6, 6.07) is -2.19. The second-order valence-corrected chi connectivity index (χ2v) is 8.76. The number of carbonyl (C=O) groups is 6. The fraction of sp³-hybridized carbons (Fsp3) is 0.739. The van der Waals surface area contributed by atoms with Crippen molar-refractivity contribution in [2.75, 3.05) is 44.8 Å². The first-order valence-corrected chi connectivity index (χ1v) is 13.5. The summed E-state index contributed by atoms with van der Waals surface area (Å²) in [4.78, 5) is 69.0. The highest BCUT2D eigenvalue weighted by Gasteiger charge is 2.21. The maximum absolute atomic E-state index is 11.9. The van der Waals surface area contributed by atoms with E-state index in [-0.39, 0.29) is 81.7 Å². The van der Waals surface area contributed by atoms with E-state index in [1.54, 1.807) is 6.92 Å². The Morgan fingerprint density at radius 1 is 0.711 bits per heavy atom. The van der Waals surface area contributed by atoms with Gasteiger partial charge in [-0.1, -0.05) is 22.9 Å². The highest BCUT2D eigenvalue weighted by Crippen LogP contribution is 2.02. The summed E-state index contributed by atoms with van der Waals surface area (Å²) < 4.78 is 10.4. The number of halogens is 1. The van der Waals surface area contributed by atoms with E-state index in [0.29, 0.717) is 25.8 Å². The number of unbranched alkanes of at least 4 members (excludes halogenated alkanes) is 1. The van der Waals surface area contributed by atoms with Gasteiger partial charge in [0.2, 0.25) is 23.6 Å². The van der Waals surface area contributed by atoms with Crippen LogP contribution < -0.4 is 21.3 Å². The fourth-order valence-corrected chi connectivity index (χ4v) is 3.20. The highest BCUT2D eigenvalue weighted by atomic mass is 79.9. The maximum atomic E-state index is 11.9. The molecule has 0 spiro atoms. The lowest BCUT2D eigenvalue weighted by Crippen LogP contribution is -2.42. The number of hydrogen-bond donors (Lipinski definition) is 6. The van der Waals surface area contributed by atoms with Crippen LogP contribution in [-0.4, -0.2) is 103 Å². The van der Waals surface area contributed by atoms with Crippen molar-refractivity contribution in [3.63, 3.8) is 0 Å². The van der Waals surface area contributed by atoms with Crippen LogP contribution in [0.15, 0.2) is 0 Å². The van der Waals surface area contributed by atoms with Gasteiger partial charge in [-0.2, -0.15) is 0 Å². The standard InChI is InChI=1S/C23H39BrN4O10/c1-2-5-19(30)27-17(23(35)36)7-8-18(29)26-10-11-37-12-13-38-15-21(32)28-16(22(33)34)6-3-4-9-25-20(31)14-24/h16-17H,2-15H2,1H3,(H,25,31)(H,26,29)(H,27,30)(H,28,32)(H,33,34)(H,35,36)/t16-,17?/m0/s1. The van der Waals surface area contributed by atoms with Crippen LogP contribution in [0.5, 0.6) is 0 Å². The average molecular weight is 611 g/mol. The Balaban J connectivity index is 3.91. The molecular formula is C23H39BrN4O10. The van der Waals surface area contributed by atoms with Gasteiger partial charge in [0.15, 0.2) is 0 Å². The van der Waals surface area contributed by atoms with E-state index < -0.39 is 29.9 Å². The number of nitrogens with one attached hydrogen (secondary N) is 4. The molecule has 0 saturated heterocycles. The summed E-state index contributed by atoms with van der Waals surface area (Å²) in [5, 5.41) is 28.6. The van der Waals surface area contributed by atoms with Crippen LogP contribution in [0.4, 0.5) is 0 Å². The van der Waals surface area contributed by atoms with E-state index in [1.807, 2.05) is 0 Å². The molecule has 0 fully saturated rings. The van der Waals surface area contributed by atoms with E-state index in [9.17, 15) is 33.9 Å². The summed E-state index contributed by atoms with van der Waals surface area (Å²) in [6.45, 7) is 2.42. The SMILES string of the molecule is CCCC(=O)NC(CCC(=O)NCCOCCOCC(=O)N[C@@H](CCCCNC(=O)CBr)C(=O)O)C(=O)O. The lowest BCUT2D eigenvalue weighted by atomic mass is 10.1. The van der Waals surface area contributed by atoms with Crippen LogP contribution >= 0.6 is 15.9 Å². The van der Waals surface area contributed by atoms with Crippen LogP contribution in [0.2, 0.25) is 0 Å².